The molecule has 1 heterocycles. The van der Waals surface area contributed by atoms with E-state index in [2.05, 4.69) is 10.0 Å². The molecule has 22 heavy (non-hydrogen) atoms. The van der Waals surface area contributed by atoms with Gasteiger partial charge in [-0.15, -0.1) is 0 Å². The van der Waals surface area contributed by atoms with Crippen molar-refractivity contribution in [1.29, 1.82) is 0 Å². The molecule has 2 aromatic rings. The second-order valence-electron chi connectivity index (χ2n) is 4.63. The average Bonchev–Trinajstić information content (AvgIpc) is 3.06. The Bertz CT molecular complexity index is 707. The minimum Gasteiger partial charge on any atom is -0.459 e. The number of rotatable bonds is 7. The van der Waals surface area contributed by atoms with Gasteiger partial charge in [0.25, 0.3) is 5.91 Å². The summed E-state index contributed by atoms with van der Waals surface area (Å²) in [4.78, 5) is 11.8. The number of hydrogen-bond donors (Lipinski definition) is 2. The van der Waals surface area contributed by atoms with E-state index in [9.17, 15) is 13.2 Å². The van der Waals surface area contributed by atoms with Crippen molar-refractivity contribution in [1.82, 2.24) is 10.0 Å². The summed E-state index contributed by atoms with van der Waals surface area (Å²) in [7, 11) is -3.56. The number of sulfonamides is 1. The van der Waals surface area contributed by atoms with Crippen LogP contribution < -0.4 is 10.0 Å². The van der Waals surface area contributed by atoms with E-state index in [0.29, 0.717) is 0 Å². The van der Waals surface area contributed by atoms with Gasteiger partial charge in [-0.1, -0.05) is 19.1 Å². The minimum absolute atomic E-state index is 0.101. The normalized spacial score (nSPS) is 11.3. The van der Waals surface area contributed by atoms with Gasteiger partial charge in [0.05, 0.1) is 11.2 Å². The van der Waals surface area contributed by atoms with Gasteiger partial charge in [0, 0.05) is 13.1 Å². The summed E-state index contributed by atoms with van der Waals surface area (Å²) in [5.74, 6) is -0.186. The molecule has 0 aliphatic carbocycles. The lowest BCUT2D eigenvalue weighted by Gasteiger charge is -2.08. The molecule has 1 aromatic heterocycles. The van der Waals surface area contributed by atoms with Crippen LogP contribution in [0, 0.1) is 0 Å². The molecule has 1 amide bonds. The van der Waals surface area contributed by atoms with Crippen LogP contribution in [0.1, 0.15) is 23.0 Å². The van der Waals surface area contributed by atoms with E-state index < -0.39 is 10.0 Å². The van der Waals surface area contributed by atoms with Gasteiger partial charge in [-0.2, -0.15) is 0 Å². The molecule has 0 saturated heterocycles. The summed E-state index contributed by atoms with van der Waals surface area (Å²) in [5.41, 5.74) is 1.07. The van der Waals surface area contributed by atoms with Gasteiger partial charge < -0.3 is 9.73 Å². The average molecular weight is 322 g/mol. The Morgan fingerprint density at radius 2 is 1.86 bits per heavy atom. The van der Waals surface area contributed by atoms with Crippen LogP contribution >= 0.6 is 0 Å². The first kappa shape index (κ1) is 16.3. The van der Waals surface area contributed by atoms with Gasteiger partial charge >= 0.3 is 0 Å². The summed E-state index contributed by atoms with van der Waals surface area (Å²) in [5, 5.41) is 2.57. The van der Waals surface area contributed by atoms with Gasteiger partial charge in [-0.3, -0.25) is 4.79 Å². The third kappa shape index (κ3) is 4.19. The van der Waals surface area contributed by atoms with E-state index in [1.807, 2.05) is 6.92 Å². The zero-order valence-electron chi connectivity index (χ0n) is 12.2. The third-order valence-corrected chi connectivity index (χ3v) is 4.57. The van der Waals surface area contributed by atoms with E-state index in [4.69, 9.17) is 4.42 Å². The zero-order valence-corrected chi connectivity index (χ0v) is 13.0. The number of benzene rings is 1. The van der Waals surface area contributed by atoms with Crippen molar-refractivity contribution in [3.63, 3.8) is 0 Å². The molecule has 118 valence electrons. The number of hydrogen-bond acceptors (Lipinski definition) is 4. The molecule has 2 rings (SSSR count). The molecule has 0 unspecified atom stereocenters. The van der Waals surface area contributed by atoms with Crippen molar-refractivity contribution in [2.45, 2.75) is 18.2 Å². The van der Waals surface area contributed by atoms with Crippen molar-refractivity contribution < 1.29 is 17.6 Å². The lowest BCUT2D eigenvalue weighted by Crippen LogP contribution is -2.34. The molecular weight excluding hydrogens is 304 g/mol. The van der Waals surface area contributed by atoms with Gasteiger partial charge in [-0.25, -0.2) is 13.1 Å². The summed E-state index contributed by atoms with van der Waals surface area (Å²) >= 11 is 0. The van der Waals surface area contributed by atoms with Crippen LogP contribution in [0.5, 0.6) is 0 Å². The van der Waals surface area contributed by atoms with Gasteiger partial charge in [0.1, 0.15) is 0 Å². The fourth-order valence-corrected chi connectivity index (χ4v) is 2.88. The largest absolute Gasteiger partial charge is 0.459 e. The number of amides is 1. The Hall–Kier alpha value is -2.12. The molecule has 6 nitrogen and oxygen atoms in total. The third-order valence-electron chi connectivity index (χ3n) is 3.09. The summed E-state index contributed by atoms with van der Waals surface area (Å²) < 4.78 is 31.5. The van der Waals surface area contributed by atoms with Crippen LogP contribution in [-0.4, -0.2) is 27.4 Å². The lowest BCUT2D eigenvalue weighted by molar-refractivity contribution is 0.0926. The Morgan fingerprint density at radius 1 is 1.14 bits per heavy atom. The Kier molecular flexibility index (Phi) is 5.35. The Morgan fingerprint density at radius 3 is 2.45 bits per heavy atom. The van der Waals surface area contributed by atoms with E-state index in [1.165, 1.54) is 12.3 Å². The van der Waals surface area contributed by atoms with Crippen molar-refractivity contribution in [3.8, 4) is 0 Å². The van der Waals surface area contributed by atoms with Crippen LogP contribution in [0.15, 0.2) is 52.0 Å². The molecule has 2 N–H and O–H groups in total. The number of nitrogens with one attached hydrogen (secondary N) is 2. The van der Waals surface area contributed by atoms with Gasteiger partial charge in [-0.05, 0) is 36.2 Å². The number of carbonyl (C=O) groups is 1. The highest BCUT2D eigenvalue weighted by Crippen LogP contribution is 2.10. The molecule has 0 bridgehead atoms. The first-order valence-corrected chi connectivity index (χ1v) is 8.41. The summed E-state index contributed by atoms with van der Waals surface area (Å²) in [6.07, 6.45) is 2.25. The second kappa shape index (κ2) is 7.24. The first-order valence-electron chi connectivity index (χ1n) is 6.93. The second-order valence-corrected chi connectivity index (χ2v) is 6.40. The Labute approximate surface area is 129 Å². The number of furan rings is 1. The van der Waals surface area contributed by atoms with Gasteiger partial charge in [0.15, 0.2) is 5.76 Å². The quantitative estimate of drug-likeness (QED) is 0.757. The lowest BCUT2D eigenvalue weighted by atomic mass is 10.2. The summed E-state index contributed by atoms with van der Waals surface area (Å²) in [6.45, 7) is 2.28. The highest BCUT2D eigenvalue weighted by atomic mass is 32.2. The van der Waals surface area contributed by atoms with Crippen LogP contribution in [0.4, 0.5) is 0 Å². The predicted octanol–water partition coefficient (Wildman–Crippen LogP) is 1.55. The maximum atomic E-state index is 12.1. The maximum Gasteiger partial charge on any atom is 0.287 e. The number of carbonyl (C=O) groups excluding carboxylic acids is 1. The highest BCUT2D eigenvalue weighted by Gasteiger charge is 2.13. The van der Waals surface area contributed by atoms with E-state index in [0.717, 1.165) is 12.0 Å². The molecular formula is C15H18N2O4S. The van der Waals surface area contributed by atoms with Crippen molar-refractivity contribution in [2.75, 3.05) is 13.1 Å². The van der Waals surface area contributed by atoms with Crippen LogP contribution in [-0.2, 0) is 16.4 Å². The smallest absolute Gasteiger partial charge is 0.287 e. The monoisotopic (exact) mass is 322 g/mol. The predicted molar refractivity (Wildman–Crippen MR) is 82.0 cm³/mol. The fraction of sp³-hybridized carbons (Fsp3) is 0.267. The molecule has 0 radical (unpaired) electrons. The topological polar surface area (TPSA) is 88.4 Å². The molecule has 0 saturated carbocycles. The molecule has 0 fully saturated rings. The highest BCUT2D eigenvalue weighted by molar-refractivity contribution is 7.89. The molecule has 1 aromatic carbocycles. The van der Waals surface area contributed by atoms with Crippen molar-refractivity contribution >= 4 is 15.9 Å². The first-order chi connectivity index (χ1) is 10.5. The van der Waals surface area contributed by atoms with Crippen LogP contribution in [0.3, 0.4) is 0 Å². The van der Waals surface area contributed by atoms with Crippen molar-refractivity contribution in [3.05, 3.63) is 54.0 Å². The van der Waals surface area contributed by atoms with Gasteiger partial charge in [0.2, 0.25) is 10.0 Å². The number of aryl methyl sites for hydroxylation is 1. The molecule has 0 aliphatic rings. The van der Waals surface area contributed by atoms with Crippen LogP contribution in [0.2, 0.25) is 0 Å². The van der Waals surface area contributed by atoms with Crippen LogP contribution in [0.25, 0.3) is 0 Å². The molecule has 0 atom stereocenters. The molecule has 7 heteroatoms. The SMILES string of the molecule is CCc1ccc(S(=O)(=O)NCCNC(=O)c2ccco2)cc1. The van der Waals surface area contributed by atoms with Crippen molar-refractivity contribution in [2.24, 2.45) is 0 Å². The molecule has 0 aliphatic heterocycles. The standard InChI is InChI=1S/C15H18N2O4S/c1-2-12-5-7-13(8-6-12)22(19,20)17-10-9-16-15(18)14-4-3-11-21-14/h3-8,11,17H,2,9-10H2,1H3,(H,16,18). The van der Waals surface area contributed by atoms with E-state index in [-0.39, 0.29) is 29.7 Å². The van der Waals surface area contributed by atoms with E-state index in [1.54, 1.807) is 30.3 Å². The maximum absolute atomic E-state index is 12.1. The minimum atomic E-state index is -3.56. The Balaban J connectivity index is 1.83. The molecule has 0 spiro atoms. The fourth-order valence-electron chi connectivity index (χ4n) is 1.84. The summed E-state index contributed by atoms with van der Waals surface area (Å²) in [6, 6.07) is 9.86. The van der Waals surface area contributed by atoms with E-state index >= 15 is 0 Å². The zero-order chi connectivity index (χ0) is 16.0.